The summed E-state index contributed by atoms with van der Waals surface area (Å²) in [4.78, 5) is 14.2. The van der Waals surface area contributed by atoms with Crippen LogP contribution in [0.5, 0.6) is 0 Å². The Balaban J connectivity index is 2.30. The molecule has 1 fully saturated rings. The van der Waals surface area contributed by atoms with Crippen LogP contribution in [0.4, 0.5) is 5.69 Å². The lowest BCUT2D eigenvalue weighted by Crippen LogP contribution is -2.47. The van der Waals surface area contributed by atoms with E-state index in [1.807, 2.05) is 36.9 Å². The van der Waals surface area contributed by atoms with Gasteiger partial charge < -0.3 is 10.2 Å². The molecule has 0 saturated carbocycles. The summed E-state index contributed by atoms with van der Waals surface area (Å²) in [6.07, 6.45) is 2.12. The van der Waals surface area contributed by atoms with E-state index in [-0.39, 0.29) is 11.9 Å². The highest BCUT2D eigenvalue weighted by atomic mass is 35.5. The van der Waals surface area contributed by atoms with Crippen LogP contribution in [0, 0.1) is 6.92 Å². The van der Waals surface area contributed by atoms with Crippen molar-refractivity contribution >= 4 is 23.2 Å². The third kappa shape index (κ3) is 2.85. The molecule has 1 saturated heterocycles. The van der Waals surface area contributed by atoms with Crippen molar-refractivity contribution in [3.05, 3.63) is 28.8 Å². The van der Waals surface area contributed by atoms with Crippen LogP contribution < -0.4 is 10.2 Å². The maximum Gasteiger partial charge on any atom is 0.243 e. The maximum absolute atomic E-state index is 12.4. The minimum Gasteiger partial charge on any atom is -0.311 e. The summed E-state index contributed by atoms with van der Waals surface area (Å²) in [5.74, 6) is 0.139. The Morgan fingerprint density at radius 1 is 1.39 bits per heavy atom. The van der Waals surface area contributed by atoms with Crippen molar-refractivity contribution in [1.82, 2.24) is 5.32 Å². The molecule has 0 spiro atoms. The monoisotopic (exact) mass is 266 g/mol. The van der Waals surface area contributed by atoms with Crippen molar-refractivity contribution in [3.63, 3.8) is 0 Å². The van der Waals surface area contributed by atoms with Crippen LogP contribution in [-0.4, -0.2) is 25.0 Å². The quantitative estimate of drug-likeness (QED) is 0.848. The van der Waals surface area contributed by atoms with Crippen LogP contribution in [0.3, 0.4) is 0 Å². The average Bonchev–Trinajstić information content (AvgIpc) is 2.32. The number of rotatable bonds is 1. The summed E-state index contributed by atoms with van der Waals surface area (Å²) in [6, 6.07) is 5.55. The topological polar surface area (TPSA) is 32.3 Å². The number of carbonyl (C=O) groups excluding carboxylic acids is 1. The molecule has 1 aliphatic rings. The fourth-order valence-corrected chi connectivity index (χ4v) is 2.53. The Kier molecular flexibility index (Phi) is 4.25. The highest BCUT2D eigenvalue weighted by molar-refractivity contribution is 6.30. The Morgan fingerprint density at radius 3 is 2.89 bits per heavy atom. The lowest BCUT2D eigenvalue weighted by Gasteiger charge is -2.30. The number of amides is 1. The lowest BCUT2D eigenvalue weighted by atomic mass is 10.1. The predicted molar refractivity (Wildman–Crippen MR) is 75.2 cm³/mol. The third-order valence-electron chi connectivity index (χ3n) is 3.35. The molecule has 0 aliphatic carbocycles. The van der Waals surface area contributed by atoms with Crippen molar-refractivity contribution in [2.24, 2.45) is 0 Å². The van der Waals surface area contributed by atoms with E-state index in [4.69, 9.17) is 11.6 Å². The highest BCUT2D eigenvalue weighted by Crippen LogP contribution is 2.25. The molecule has 1 amide bonds. The van der Waals surface area contributed by atoms with Crippen LogP contribution in [-0.2, 0) is 4.79 Å². The van der Waals surface area contributed by atoms with Crippen molar-refractivity contribution < 1.29 is 4.79 Å². The van der Waals surface area contributed by atoms with Gasteiger partial charge in [-0.25, -0.2) is 0 Å². The molecule has 0 bridgehead atoms. The Hall–Kier alpha value is -1.06. The van der Waals surface area contributed by atoms with E-state index in [0.717, 1.165) is 37.2 Å². The SMILES string of the molecule is Cc1cc(Cl)ccc1N1CCCCNC(C)C1=O. The van der Waals surface area contributed by atoms with Crippen LogP contribution in [0.25, 0.3) is 0 Å². The fraction of sp³-hybridized carbons (Fsp3) is 0.500. The van der Waals surface area contributed by atoms with E-state index >= 15 is 0 Å². The van der Waals surface area contributed by atoms with Gasteiger partial charge in [0.2, 0.25) is 5.91 Å². The second kappa shape index (κ2) is 5.72. The van der Waals surface area contributed by atoms with Crippen LogP contribution in [0.1, 0.15) is 25.3 Å². The summed E-state index contributed by atoms with van der Waals surface area (Å²) in [5.41, 5.74) is 2.02. The number of hydrogen-bond acceptors (Lipinski definition) is 2. The minimum atomic E-state index is -0.125. The van der Waals surface area contributed by atoms with Gasteiger partial charge in [-0.15, -0.1) is 0 Å². The van der Waals surface area contributed by atoms with E-state index in [1.165, 1.54) is 0 Å². The molecule has 1 atom stereocenters. The Bertz CT molecular complexity index is 447. The molecule has 1 aromatic rings. The first-order valence-electron chi connectivity index (χ1n) is 6.40. The standard InChI is InChI=1S/C14H19ClN2O/c1-10-9-12(15)5-6-13(10)17-8-4-3-7-16-11(2)14(17)18/h5-6,9,11,16H,3-4,7-8H2,1-2H3. The molecule has 98 valence electrons. The second-order valence-electron chi connectivity index (χ2n) is 4.80. The zero-order chi connectivity index (χ0) is 13.1. The zero-order valence-corrected chi connectivity index (χ0v) is 11.6. The van der Waals surface area contributed by atoms with Crippen molar-refractivity contribution in [2.75, 3.05) is 18.0 Å². The summed E-state index contributed by atoms with van der Waals surface area (Å²) in [7, 11) is 0. The van der Waals surface area contributed by atoms with Crippen LogP contribution in [0.15, 0.2) is 18.2 Å². The molecule has 3 nitrogen and oxygen atoms in total. The molecular weight excluding hydrogens is 248 g/mol. The first kappa shape index (κ1) is 13.4. The molecule has 2 rings (SSSR count). The zero-order valence-electron chi connectivity index (χ0n) is 10.9. The van der Waals surface area contributed by atoms with Crippen LogP contribution >= 0.6 is 11.6 Å². The molecule has 0 aromatic heterocycles. The van der Waals surface area contributed by atoms with Gasteiger partial charge >= 0.3 is 0 Å². The van der Waals surface area contributed by atoms with Gasteiger partial charge in [0.1, 0.15) is 0 Å². The fourth-order valence-electron chi connectivity index (χ4n) is 2.31. The largest absolute Gasteiger partial charge is 0.311 e. The number of hydrogen-bond donors (Lipinski definition) is 1. The smallest absolute Gasteiger partial charge is 0.243 e. The Morgan fingerprint density at radius 2 is 2.17 bits per heavy atom. The van der Waals surface area contributed by atoms with Gasteiger partial charge in [-0.05, 0) is 57.0 Å². The molecule has 4 heteroatoms. The molecule has 18 heavy (non-hydrogen) atoms. The van der Waals surface area contributed by atoms with E-state index in [1.54, 1.807) is 0 Å². The summed E-state index contributed by atoms with van der Waals surface area (Å²) < 4.78 is 0. The number of anilines is 1. The first-order valence-corrected chi connectivity index (χ1v) is 6.78. The number of halogens is 1. The predicted octanol–water partition coefficient (Wildman–Crippen LogP) is 2.75. The molecule has 1 aliphatic heterocycles. The second-order valence-corrected chi connectivity index (χ2v) is 5.24. The van der Waals surface area contributed by atoms with E-state index in [2.05, 4.69) is 5.32 Å². The molecular formula is C14H19ClN2O. The van der Waals surface area contributed by atoms with E-state index in [0.29, 0.717) is 5.02 Å². The van der Waals surface area contributed by atoms with Gasteiger partial charge in [-0.3, -0.25) is 4.79 Å². The Labute approximate surface area is 113 Å². The van der Waals surface area contributed by atoms with Crippen molar-refractivity contribution in [1.29, 1.82) is 0 Å². The van der Waals surface area contributed by atoms with E-state index < -0.39 is 0 Å². The van der Waals surface area contributed by atoms with E-state index in [9.17, 15) is 4.79 Å². The number of carbonyl (C=O) groups is 1. The molecule has 1 aromatic carbocycles. The van der Waals surface area contributed by atoms with Gasteiger partial charge in [-0.1, -0.05) is 11.6 Å². The number of benzene rings is 1. The van der Waals surface area contributed by atoms with Crippen molar-refractivity contribution in [2.45, 2.75) is 32.7 Å². The lowest BCUT2D eigenvalue weighted by molar-refractivity contribution is -0.120. The first-order chi connectivity index (χ1) is 8.59. The summed E-state index contributed by atoms with van der Waals surface area (Å²) >= 11 is 5.96. The van der Waals surface area contributed by atoms with Gasteiger partial charge in [0, 0.05) is 17.3 Å². The molecule has 1 heterocycles. The highest BCUT2D eigenvalue weighted by Gasteiger charge is 2.24. The third-order valence-corrected chi connectivity index (χ3v) is 3.58. The van der Waals surface area contributed by atoms with Gasteiger partial charge in [0.15, 0.2) is 0 Å². The number of nitrogens with one attached hydrogen (secondary N) is 1. The van der Waals surface area contributed by atoms with Crippen LogP contribution in [0.2, 0.25) is 5.02 Å². The molecule has 0 radical (unpaired) electrons. The normalized spacial score (nSPS) is 21.6. The summed E-state index contributed by atoms with van der Waals surface area (Å²) in [6.45, 7) is 5.62. The average molecular weight is 267 g/mol. The van der Waals surface area contributed by atoms with Crippen molar-refractivity contribution in [3.8, 4) is 0 Å². The number of aryl methyl sites for hydroxylation is 1. The molecule has 1 unspecified atom stereocenters. The molecule has 1 N–H and O–H groups in total. The minimum absolute atomic E-state index is 0.125. The van der Waals surface area contributed by atoms with Gasteiger partial charge in [0.25, 0.3) is 0 Å². The van der Waals surface area contributed by atoms with Gasteiger partial charge in [-0.2, -0.15) is 0 Å². The summed E-state index contributed by atoms with van der Waals surface area (Å²) in [5, 5.41) is 3.96. The maximum atomic E-state index is 12.4. The van der Waals surface area contributed by atoms with Gasteiger partial charge in [0.05, 0.1) is 6.04 Å². The number of nitrogens with zero attached hydrogens (tertiary/aromatic N) is 1.